The van der Waals surface area contributed by atoms with E-state index in [4.69, 9.17) is 9.47 Å². The fourth-order valence-electron chi connectivity index (χ4n) is 2.49. The van der Waals surface area contributed by atoms with Crippen LogP contribution in [0.3, 0.4) is 0 Å². The Hall–Kier alpha value is -1.26. The number of benzene rings is 1. The fraction of sp³-hybridized carbons (Fsp3) is 0.571. The molecule has 0 atom stereocenters. The molecule has 4 heteroatoms. The van der Waals surface area contributed by atoms with Gasteiger partial charge >= 0.3 is 0 Å². The van der Waals surface area contributed by atoms with Crippen molar-refractivity contribution in [2.24, 2.45) is 5.41 Å². The number of rotatable bonds is 6. The summed E-state index contributed by atoms with van der Waals surface area (Å²) in [4.78, 5) is 0. The lowest BCUT2D eigenvalue weighted by Gasteiger charge is -2.15. The molecule has 2 N–H and O–H groups in total. The van der Waals surface area contributed by atoms with E-state index >= 15 is 0 Å². The van der Waals surface area contributed by atoms with E-state index in [1.807, 2.05) is 13.1 Å². The monoisotopic (exact) mass is 248 g/mol. The molecule has 1 aliphatic heterocycles. The first-order chi connectivity index (χ1) is 8.81. The SMILES string of the molecule is CNCC1(CNCc2ccc3c(c2)OCO3)CC1. The molecule has 98 valence electrons. The van der Waals surface area contributed by atoms with Gasteiger partial charge in [0.2, 0.25) is 6.79 Å². The maximum atomic E-state index is 5.38. The van der Waals surface area contributed by atoms with E-state index in [0.29, 0.717) is 12.2 Å². The predicted molar refractivity (Wildman–Crippen MR) is 69.9 cm³/mol. The second-order valence-corrected chi connectivity index (χ2v) is 5.32. The first-order valence-corrected chi connectivity index (χ1v) is 6.55. The lowest BCUT2D eigenvalue weighted by molar-refractivity contribution is 0.174. The van der Waals surface area contributed by atoms with Crippen LogP contribution in [0, 0.1) is 5.41 Å². The van der Waals surface area contributed by atoms with E-state index in [9.17, 15) is 0 Å². The lowest BCUT2D eigenvalue weighted by Crippen LogP contribution is -2.30. The van der Waals surface area contributed by atoms with Crippen molar-refractivity contribution in [2.45, 2.75) is 19.4 Å². The average molecular weight is 248 g/mol. The summed E-state index contributed by atoms with van der Waals surface area (Å²) >= 11 is 0. The van der Waals surface area contributed by atoms with Crippen LogP contribution < -0.4 is 20.1 Å². The quantitative estimate of drug-likeness (QED) is 0.800. The van der Waals surface area contributed by atoms with E-state index in [1.54, 1.807) is 0 Å². The molecule has 4 nitrogen and oxygen atoms in total. The van der Waals surface area contributed by atoms with E-state index in [-0.39, 0.29) is 0 Å². The molecule has 2 aliphatic rings. The van der Waals surface area contributed by atoms with Crippen molar-refractivity contribution in [1.82, 2.24) is 10.6 Å². The largest absolute Gasteiger partial charge is 0.454 e. The Balaban J connectivity index is 1.51. The Bertz CT molecular complexity index is 430. The highest BCUT2D eigenvalue weighted by Gasteiger charge is 2.41. The number of fused-ring (bicyclic) bond motifs is 1. The van der Waals surface area contributed by atoms with Gasteiger partial charge in [0.15, 0.2) is 11.5 Å². The molecule has 18 heavy (non-hydrogen) atoms. The summed E-state index contributed by atoms with van der Waals surface area (Å²) in [6.45, 7) is 3.43. The van der Waals surface area contributed by atoms with Gasteiger partial charge in [-0.25, -0.2) is 0 Å². The maximum Gasteiger partial charge on any atom is 0.231 e. The summed E-state index contributed by atoms with van der Waals surface area (Å²) < 4.78 is 10.7. The summed E-state index contributed by atoms with van der Waals surface area (Å²) in [5, 5.41) is 6.82. The summed E-state index contributed by atoms with van der Waals surface area (Å²) in [5.74, 6) is 1.72. The van der Waals surface area contributed by atoms with Crippen molar-refractivity contribution in [3.05, 3.63) is 23.8 Å². The summed E-state index contributed by atoms with van der Waals surface area (Å²) in [5.41, 5.74) is 1.75. The first-order valence-electron chi connectivity index (χ1n) is 6.55. The van der Waals surface area contributed by atoms with Crippen molar-refractivity contribution in [3.8, 4) is 11.5 Å². The molecule has 0 saturated heterocycles. The van der Waals surface area contributed by atoms with Gasteiger partial charge in [-0.05, 0) is 43.0 Å². The van der Waals surface area contributed by atoms with Crippen molar-refractivity contribution in [1.29, 1.82) is 0 Å². The van der Waals surface area contributed by atoms with Gasteiger partial charge in [0.1, 0.15) is 0 Å². The average Bonchev–Trinajstić information content (AvgIpc) is 2.97. The molecule has 0 amide bonds. The topological polar surface area (TPSA) is 42.5 Å². The maximum absolute atomic E-state index is 5.38. The molecule has 1 fully saturated rings. The third-order valence-corrected chi connectivity index (χ3v) is 3.77. The van der Waals surface area contributed by atoms with Crippen LogP contribution in [0.4, 0.5) is 0 Å². The highest BCUT2D eigenvalue weighted by Crippen LogP contribution is 2.44. The van der Waals surface area contributed by atoms with Crippen molar-refractivity contribution >= 4 is 0 Å². The van der Waals surface area contributed by atoms with Crippen molar-refractivity contribution in [3.63, 3.8) is 0 Å². The van der Waals surface area contributed by atoms with Crippen LogP contribution in [-0.4, -0.2) is 26.9 Å². The molecular formula is C14H20N2O2. The number of hydrogen-bond donors (Lipinski definition) is 2. The van der Waals surface area contributed by atoms with Gasteiger partial charge in [0, 0.05) is 19.6 Å². The normalized spacial score (nSPS) is 18.9. The number of ether oxygens (including phenoxy) is 2. The van der Waals surface area contributed by atoms with Gasteiger partial charge in [0.05, 0.1) is 0 Å². The Morgan fingerprint density at radius 2 is 2.00 bits per heavy atom. The molecule has 0 spiro atoms. The minimum absolute atomic E-state index is 0.345. The van der Waals surface area contributed by atoms with Crippen LogP contribution in [0.1, 0.15) is 18.4 Å². The van der Waals surface area contributed by atoms with Crippen molar-refractivity contribution < 1.29 is 9.47 Å². The van der Waals surface area contributed by atoms with Gasteiger partial charge < -0.3 is 20.1 Å². The molecule has 1 aromatic rings. The first kappa shape index (κ1) is 11.8. The Morgan fingerprint density at radius 3 is 2.78 bits per heavy atom. The standard InChI is InChI=1S/C14H20N2O2/c1-15-8-14(4-5-14)9-16-7-11-2-3-12-13(6-11)18-10-17-12/h2-3,6,15-16H,4-5,7-10H2,1H3. The third kappa shape index (κ3) is 2.44. The van der Waals surface area contributed by atoms with Gasteiger partial charge in [0.25, 0.3) is 0 Å². The van der Waals surface area contributed by atoms with E-state index < -0.39 is 0 Å². The van der Waals surface area contributed by atoms with Crippen LogP contribution >= 0.6 is 0 Å². The zero-order valence-corrected chi connectivity index (χ0v) is 10.8. The Kier molecular flexibility index (Phi) is 3.14. The summed E-state index contributed by atoms with van der Waals surface area (Å²) in [6, 6.07) is 6.14. The summed E-state index contributed by atoms with van der Waals surface area (Å²) in [6.07, 6.45) is 2.67. The minimum Gasteiger partial charge on any atom is -0.454 e. The van der Waals surface area contributed by atoms with Crippen LogP contribution in [0.5, 0.6) is 11.5 Å². The van der Waals surface area contributed by atoms with Crippen LogP contribution in [0.15, 0.2) is 18.2 Å². The van der Waals surface area contributed by atoms with Gasteiger partial charge in [-0.1, -0.05) is 6.07 Å². The molecule has 0 aromatic heterocycles. The van der Waals surface area contributed by atoms with Crippen LogP contribution in [0.2, 0.25) is 0 Å². The Labute approximate surface area is 108 Å². The Morgan fingerprint density at radius 1 is 1.17 bits per heavy atom. The molecule has 1 aromatic carbocycles. The summed E-state index contributed by atoms with van der Waals surface area (Å²) in [7, 11) is 2.03. The zero-order valence-electron chi connectivity index (χ0n) is 10.8. The second kappa shape index (κ2) is 4.78. The molecule has 1 aliphatic carbocycles. The molecule has 0 bridgehead atoms. The highest BCUT2D eigenvalue weighted by atomic mass is 16.7. The molecule has 3 rings (SSSR count). The number of hydrogen-bond acceptors (Lipinski definition) is 4. The van der Waals surface area contributed by atoms with E-state index in [1.165, 1.54) is 18.4 Å². The minimum atomic E-state index is 0.345. The third-order valence-electron chi connectivity index (χ3n) is 3.77. The van der Waals surface area contributed by atoms with Gasteiger partial charge in [-0.2, -0.15) is 0 Å². The molecular weight excluding hydrogens is 228 g/mol. The van der Waals surface area contributed by atoms with Crippen molar-refractivity contribution in [2.75, 3.05) is 26.9 Å². The van der Waals surface area contributed by atoms with E-state index in [2.05, 4.69) is 22.8 Å². The van der Waals surface area contributed by atoms with Crippen LogP contribution in [0.25, 0.3) is 0 Å². The zero-order chi connectivity index (χ0) is 12.4. The molecule has 1 saturated carbocycles. The lowest BCUT2D eigenvalue weighted by atomic mass is 10.1. The molecule has 0 radical (unpaired) electrons. The fourth-order valence-corrected chi connectivity index (χ4v) is 2.49. The second-order valence-electron chi connectivity index (χ2n) is 5.32. The molecule has 1 heterocycles. The highest BCUT2D eigenvalue weighted by molar-refractivity contribution is 5.44. The van der Waals surface area contributed by atoms with Crippen LogP contribution in [-0.2, 0) is 6.54 Å². The van der Waals surface area contributed by atoms with Gasteiger partial charge in [-0.3, -0.25) is 0 Å². The van der Waals surface area contributed by atoms with Gasteiger partial charge in [-0.15, -0.1) is 0 Å². The smallest absolute Gasteiger partial charge is 0.231 e. The van der Waals surface area contributed by atoms with E-state index in [0.717, 1.165) is 31.1 Å². The molecule has 0 unspecified atom stereocenters. The predicted octanol–water partition coefficient (Wildman–Crippen LogP) is 1.50. The number of nitrogens with one attached hydrogen (secondary N) is 2.